The predicted octanol–water partition coefficient (Wildman–Crippen LogP) is 4.38. The molecule has 0 saturated heterocycles. The van der Waals surface area contributed by atoms with Crippen molar-refractivity contribution in [2.75, 3.05) is 18.1 Å². The Kier molecular flexibility index (Phi) is 4.91. The van der Waals surface area contributed by atoms with Gasteiger partial charge in [0, 0.05) is 17.4 Å². The first-order valence-corrected chi connectivity index (χ1v) is 8.33. The van der Waals surface area contributed by atoms with Crippen LogP contribution in [0.25, 0.3) is 0 Å². The molecule has 0 bridgehead atoms. The van der Waals surface area contributed by atoms with Crippen LogP contribution in [0, 0.1) is 17.0 Å². The Hall–Kier alpha value is -1.23. The van der Waals surface area contributed by atoms with E-state index in [9.17, 15) is 10.1 Å². The standard InChI is InChI=1S/C15H22N2O2S/c1-12-6-7-14(17(18)19)13(10-12)16-11-15(20-2)8-4-3-5-9-15/h6-7,10,16H,3-5,8-9,11H2,1-2H3. The number of aryl methyl sites for hydroxylation is 1. The van der Waals surface area contributed by atoms with Crippen molar-refractivity contribution in [3.05, 3.63) is 33.9 Å². The second-order valence-electron chi connectivity index (χ2n) is 5.58. The van der Waals surface area contributed by atoms with E-state index in [4.69, 9.17) is 0 Å². The predicted molar refractivity (Wildman–Crippen MR) is 85.7 cm³/mol. The van der Waals surface area contributed by atoms with E-state index in [0.29, 0.717) is 5.69 Å². The van der Waals surface area contributed by atoms with Gasteiger partial charge in [-0.25, -0.2) is 0 Å². The number of nitro benzene ring substituents is 1. The molecule has 1 saturated carbocycles. The maximum atomic E-state index is 11.1. The van der Waals surface area contributed by atoms with Gasteiger partial charge in [0.05, 0.1) is 4.92 Å². The number of nitro groups is 1. The summed E-state index contributed by atoms with van der Waals surface area (Å²) < 4.78 is 0.232. The quantitative estimate of drug-likeness (QED) is 0.646. The number of rotatable bonds is 5. The molecule has 20 heavy (non-hydrogen) atoms. The molecule has 0 amide bonds. The molecule has 0 aromatic heterocycles. The molecular formula is C15H22N2O2S. The lowest BCUT2D eigenvalue weighted by molar-refractivity contribution is -0.384. The molecule has 0 heterocycles. The van der Waals surface area contributed by atoms with Crippen molar-refractivity contribution in [3.63, 3.8) is 0 Å². The third kappa shape index (κ3) is 3.45. The van der Waals surface area contributed by atoms with Crippen molar-refractivity contribution in [1.29, 1.82) is 0 Å². The van der Waals surface area contributed by atoms with Crippen molar-refractivity contribution in [2.24, 2.45) is 0 Å². The van der Waals surface area contributed by atoms with Gasteiger partial charge in [-0.2, -0.15) is 11.8 Å². The Bertz CT molecular complexity index is 485. The van der Waals surface area contributed by atoms with Gasteiger partial charge in [0.25, 0.3) is 5.69 Å². The van der Waals surface area contributed by atoms with E-state index in [1.54, 1.807) is 12.1 Å². The highest BCUT2D eigenvalue weighted by molar-refractivity contribution is 8.00. The molecule has 0 spiro atoms. The first-order valence-electron chi connectivity index (χ1n) is 7.10. The number of benzene rings is 1. The minimum absolute atomic E-state index is 0.169. The molecule has 0 radical (unpaired) electrons. The van der Waals surface area contributed by atoms with Crippen LogP contribution in [0.2, 0.25) is 0 Å². The summed E-state index contributed by atoms with van der Waals surface area (Å²) in [5.41, 5.74) is 1.86. The summed E-state index contributed by atoms with van der Waals surface area (Å²) in [4.78, 5) is 10.8. The molecule has 110 valence electrons. The third-order valence-electron chi connectivity index (χ3n) is 4.15. The Balaban J connectivity index is 2.13. The number of hydrogen-bond acceptors (Lipinski definition) is 4. The summed E-state index contributed by atoms with van der Waals surface area (Å²) in [6.07, 6.45) is 8.38. The Morgan fingerprint density at radius 3 is 2.65 bits per heavy atom. The topological polar surface area (TPSA) is 55.2 Å². The fourth-order valence-corrected chi connectivity index (χ4v) is 3.77. The van der Waals surface area contributed by atoms with E-state index in [1.165, 1.54) is 32.1 Å². The monoisotopic (exact) mass is 294 g/mol. The van der Waals surface area contributed by atoms with E-state index < -0.39 is 0 Å². The minimum atomic E-state index is -0.311. The van der Waals surface area contributed by atoms with Crippen LogP contribution >= 0.6 is 11.8 Å². The highest BCUT2D eigenvalue weighted by Gasteiger charge is 2.31. The summed E-state index contributed by atoms with van der Waals surface area (Å²) in [5.74, 6) is 0. The smallest absolute Gasteiger partial charge is 0.292 e. The van der Waals surface area contributed by atoms with Gasteiger partial charge >= 0.3 is 0 Å². The molecule has 1 aromatic carbocycles. The van der Waals surface area contributed by atoms with Gasteiger partial charge < -0.3 is 5.32 Å². The second kappa shape index (κ2) is 6.48. The van der Waals surface area contributed by atoms with E-state index in [-0.39, 0.29) is 15.4 Å². The van der Waals surface area contributed by atoms with Crippen molar-refractivity contribution in [1.82, 2.24) is 0 Å². The van der Waals surface area contributed by atoms with Gasteiger partial charge in [-0.3, -0.25) is 10.1 Å². The number of hydrogen-bond donors (Lipinski definition) is 1. The lowest BCUT2D eigenvalue weighted by atomic mass is 9.88. The number of thioether (sulfide) groups is 1. The van der Waals surface area contributed by atoms with Crippen LogP contribution in [0.3, 0.4) is 0 Å². The third-order valence-corrected chi connectivity index (χ3v) is 5.57. The Labute approximate surface area is 124 Å². The Morgan fingerprint density at radius 2 is 2.05 bits per heavy atom. The van der Waals surface area contributed by atoms with Gasteiger partial charge in [0.15, 0.2) is 0 Å². The zero-order chi connectivity index (χ0) is 14.6. The second-order valence-corrected chi connectivity index (χ2v) is 6.85. The van der Waals surface area contributed by atoms with E-state index in [0.717, 1.165) is 12.1 Å². The molecule has 4 nitrogen and oxygen atoms in total. The van der Waals surface area contributed by atoms with Crippen molar-refractivity contribution < 1.29 is 4.92 Å². The number of nitrogens with one attached hydrogen (secondary N) is 1. The van der Waals surface area contributed by atoms with Crippen LogP contribution in [0.1, 0.15) is 37.7 Å². The molecule has 0 aliphatic heterocycles. The minimum Gasteiger partial charge on any atom is -0.378 e. The van der Waals surface area contributed by atoms with Crippen molar-refractivity contribution in [2.45, 2.75) is 43.8 Å². The van der Waals surface area contributed by atoms with Crippen molar-refractivity contribution in [3.8, 4) is 0 Å². The first-order chi connectivity index (χ1) is 9.56. The fraction of sp³-hybridized carbons (Fsp3) is 0.600. The van der Waals surface area contributed by atoms with E-state index >= 15 is 0 Å². The average molecular weight is 294 g/mol. The van der Waals surface area contributed by atoms with Crippen LogP contribution < -0.4 is 5.32 Å². The summed E-state index contributed by atoms with van der Waals surface area (Å²) in [5, 5.41) is 14.4. The molecule has 5 heteroatoms. The van der Waals surface area contributed by atoms with Crippen LogP contribution in [-0.2, 0) is 0 Å². The van der Waals surface area contributed by atoms with Gasteiger partial charge in [0.2, 0.25) is 0 Å². The van der Waals surface area contributed by atoms with Gasteiger partial charge in [0.1, 0.15) is 5.69 Å². The zero-order valence-electron chi connectivity index (χ0n) is 12.1. The molecule has 0 atom stereocenters. The van der Waals surface area contributed by atoms with Gasteiger partial charge in [-0.15, -0.1) is 0 Å². The van der Waals surface area contributed by atoms with Crippen LogP contribution in [0.5, 0.6) is 0 Å². The lowest BCUT2D eigenvalue weighted by Gasteiger charge is -2.36. The molecule has 2 rings (SSSR count). The Morgan fingerprint density at radius 1 is 1.35 bits per heavy atom. The molecule has 1 aliphatic rings. The van der Waals surface area contributed by atoms with Gasteiger partial charge in [-0.1, -0.05) is 25.3 Å². The summed E-state index contributed by atoms with van der Waals surface area (Å²) in [6, 6.07) is 5.24. The van der Waals surface area contributed by atoms with E-state index in [1.807, 2.05) is 24.8 Å². The molecule has 1 aromatic rings. The average Bonchev–Trinajstić information content (AvgIpc) is 2.46. The first kappa shape index (κ1) is 15.2. The molecule has 1 fully saturated rings. The SMILES string of the molecule is CSC1(CNc2cc(C)ccc2[N+](=O)[O-])CCCCC1. The van der Waals surface area contributed by atoms with Crippen LogP contribution in [0.4, 0.5) is 11.4 Å². The summed E-state index contributed by atoms with van der Waals surface area (Å²) in [7, 11) is 0. The van der Waals surface area contributed by atoms with Crippen LogP contribution in [0.15, 0.2) is 18.2 Å². The number of anilines is 1. The molecule has 1 N–H and O–H groups in total. The highest BCUT2D eigenvalue weighted by Crippen LogP contribution is 2.39. The largest absolute Gasteiger partial charge is 0.378 e. The lowest BCUT2D eigenvalue weighted by Crippen LogP contribution is -2.35. The van der Waals surface area contributed by atoms with E-state index in [2.05, 4.69) is 11.6 Å². The maximum absolute atomic E-state index is 11.1. The fourth-order valence-electron chi connectivity index (χ4n) is 2.86. The van der Waals surface area contributed by atoms with Gasteiger partial charge in [-0.05, 0) is 37.7 Å². The molecule has 1 aliphatic carbocycles. The normalized spacial score (nSPS) is 17.7. The number of nitrogens with zero attached hydrogens (tertiary/aromatic N) is 1. The zero-order valence-corrected chi connectivity index (χ0v) is 13.0. The maximum Gasteiger partial charge on any atom is 0.292 e. The summed E-state index contributed by atoms with van der Waals surface area (Å²) >= 11 is 1.90. The van der Waals surface area contributed by atoms with Crippen LogP contribution in [-0.4, -0.2) is 22.5 Å². The highest BCUT2D eigenvalue weighted by atomic mass is 32.2. The molecular weight excluding hydrogens is 272 g/mol. The van der Waals surface area contributed by atoms with Crippen molar-refractivity contribution >= 4 is 23.1 Å². The summed E-state index contributed by atoms with van der Waals surface area (Å²) in [6.45, 7) is 2.76. The molecule has 0 unspecified atom stereocenters.